The van der Waals surface area contributed by atoms with Gasteiger partial charge in [0.2, 0.25) is 5.89 Å². The van der Waals surface area contributed by atoms with E-state index in [9.17, 15) is 0 Å². The Bertz CT molecular complexity index is 394. The molecule has 0 amide bonds. The standard InChI is InChI=1S/C14H25N3O/c1-6-15-11(14(3,4)5)8-12-16-13(17-18-12)10-7-9(10)2/h9-11,15H,6-8H2,1-5H3. The molecule has 1 aliphatic carbocycles. The van der Waals surface area contributed by atoms with Gasteiger partial charge in [0.05, 0.1) is 0 Å². The summed E-state index contributed by atoms with van der Waals surface area (Å²) >= 11 is 0. The number of nitrogens with one attached hydrogen (secondary N) is 1. The molecule has 0 spiro atoms. The molecule has 18 heavy (non-hydrogen) atoms. The molecular formula is C14H25N3O. The summed E-state index contributed by atoms with van der Waals surface area (Å²) in [6.07, 6.45) is 2.01. The molecule has 0 saturated heterocycles. The smallest absolute Gasteiger partial charge is 0.228 e. The third-order valence-electron chi connectivity index (χ3n) is 3.80. The van der Waals surface area contributed by atoms with E-state index in [-0.39, 0.29) is 5.41 Å². The van der Waals surface area contributed by atoms with Crippen LogP contribution in [0.15, 0.2) is 4.52 Å². The predicted molar refractivity (Wildman–Crippen MR) is 71.4 cm³/mol. The van der Waals surface area contributed by atoms with Crippen molar-refractivity contribution in [1.82, 2.24) is 15.5 Å². The van der Waals surface area contributed by atoms with Crippen molar-refractivity contribution in [1.29, 1.82) is 0 Å². The molecule has 2 rings (SSSR count). The second-order valence-electron chi connectivity index (χ2n) is 6.55. The Morgan fingerprint density at radius 3 is 2.61 bits per heavy atom. The summed E-state index contributed by atoms with van der Waals surface area (Å²) in [4.78, 5) is 4.54. The normalized spacial score (nSPS) is 25.2. The molecule has 4 nitrogen and oxygen atoms in total. The number of rotatable bonds is 5. The zero-order valence-corrected chi connectivity index (χ0v) is 12.2. The highest BCUT2D eigenvalue weighted by Crippen LogP contribution is 2.45. The molecule has 3 atom stereocenters. The summed E-state index contributed by atoms with van der Waals surface area (Å²) in [5.41, 5.74) is 0.192. The summed E-state index contributed by atoms with van der Waals surface area (Å²) in [5.74, 6) is 2.93. The van der Waals surface area contributed by atoms with E-state index < -0.39 is 0 Å². The number of hydrogen-bond acceptors (Lipinski definition) is 4. The highest BCUT2D eigenvalue weighted by atomic mass is 16.5. The molecule has 0 aromatic carbocycles. The summed E-state index contributed by atoms with van der Waals surface area (Å²) in [7, 11) is 0. The van der Waals surface area contributed by atoms with Gasteiger partial charge in [-0.2, -0.15) is 4.98 Å². The molecular weight excluding hydrogens is 226 g/mol. The van der Waals surface area contributed by atoms with Crippen molar-refractivity contribution in [2.45, 2.75) is 59.4 Å². The minimum Gasteiger partial charge on any atom is -0.339 e. The number of nitrogens with zero attached hydrogens (tertiary/aromatic N) is 2. The Morgan fingerprint density at radius 1 is 1.44 bits per heavy atom. The molecule has 1 aromatic rings. The van der Waals surface area contributed by atoms with Crippen LogP contribution in [0.3, 0.4) is 0 Å². The lowest BCUT2D eigenvalue weighted by molar-refractivity contribution is 0.247. The van der Waals surface area contributed by atoms with Crippen LogP contribution in [0.5, 0.6) is 0 Å². The van der Waals surface area contributed by atoms with Crippen LogP contribution in [-0.4, -0.2) is 22.7 Å². The predicted octanol–water partition coefficient (Wildman–Crippen LogP) is 2.76. The topological polar surface area (TPSA) is 51.0 Å². The fourth-order valence-corrected chi connectivity index (χ4v) is 2.29. The number of aromatic nitrogens is 2. The lowest BCUT2D eigenvalue weighted by Crippen LogP contribution is -2.41. The molecule has 0 aliphatic heterocycles. The van der Waals surface area contributed by atoms with E-state index >= 15 is 0 Å². The van der Waals surface area contributed by atoms with Gasteiger partial charge in [0.1, 0.15) is 0 Å². The molecule has 1 N–H and O–H groups in total. The van der Waals surface area contributed by atoms with Crippen molar-refractivity contribution in [3.8, 4) is 0 Å². The minimum atomic E-state index is 0.192. The van der Waals surface area contributed by atoms with Gasteiger partial charge in [-0.1, -0.05) is 39.8 Å². The van der Waals surface area contributed by atoms with Crippen LogP contribution in [0, 0.1) is 11.3 Å². The van der Waals surface area contributed by atoms with Gasteiger partial charge in [-0.05, 0) is 24.3 Å². The fraction of sp³-hybridized carbons (Fsp3) is 0.857. The molecule has 4 heteroatoms. The SMILES string of the molecule is CCNC(Cc1nc(C2CC2C)no1)C(C)(C)C. The first kappa shape index (κ1) is 13.5. The maximum absolute atomic E-state index is 5.39. The van der Waals surface area contributed by atoms with E-state index in [0.29, 0.717) is 12.0 Å². The number of likely N-dealkylation sites (N-methyl/N-ethyl adjacent to an activating group) is 1. The monoisotopic (exact) mass is 251 g/mol. The summed E-state index contributed by atoms with van der Waals surface area (Å²) in [6, 6.07) is 0.368. The van der Waals surface area contributed by atoms with Crippen LogP contribution < -0.4 is 5.32 Å². The lowest BCUT2D eigenvalue weighted by Gasteiger charge is -2.30. The van der Waals surface area contributed by atoms with Crippen LogP contribution in [0.2, 0.25) is 0 Å². The van der Waals surface area contributed by atoms with Gasteiger partial charge in [0.15, 0.2) is 5.82 Å². The van der Waals surface area contributed by atoms with E-state index in [1.807, 2.05) is 0 Å². The van der Waals surface area contributed by atoms with Crippen molar-refractivity contribution >= 4 is 0 Å². The zero-order valence-electron chi connectivity index (χ0n) is 12.2. The molecule has 1 fully saturated rings. The van der Waals surface area contributed by atoms with Gasteiger partial charge in [0, 0.05) is 18.4 Å². The molecule has 1 saturated carbocycles. The van der Waals surface area contributed by atoms with Crippen LogP contribution in [0.25, 0.3) is 0 Å². The fourth-order valence-electron chi connectivity index (χ4n) is 2.29. The van der Waals surface area contributed by atoms with E-state index in [1.165, 1.54) is 6.42 Å². The van der Waals surface area contributed by atoms with Crippen molar-refractivity contribution < 1.29 is 4.52 Å². The highest BCUT2D eigenvalue weighted by molar-refractivity contribution is 5.08. The Morgan fingerprint density at radius 2 is 2.11 bits per heavy atom. The van der Waals surface area contributed by atoms with Crippen molar-refractivity contribution in [3.63, 3.8) is 0 Å². The highest BCUT2D eigenvalue weighted by Gasteiger charge is 2.38. The second kappa shape index (κ2) is 5.00. The summed E-state index contributed by atoms with van der Waals surface area (Å²) < 4.78 is 5.39. The van der Waals surface area contributed by atoms with Crippen molar-refractivity contribution in [2.24, 2.45) is 11.3 Å². The summed E-state index contributed by atoms with van der Waals surface area (Å²) in [6.45, 7) is 12.0. The second-order valence-corrected chi connectivity index (χ2v) is 6.55. The lowest BCUT2D eigenvalue weighted by atomic mass is 9.84. The molecule has 1 heterocycles. The van der Waals surface area contributed by atoms with Gasteiger partial charge in [-0.15, -0.1) is 0 Å². The van der Waals surface area contributed by atoms with Gasteiger partial charge in [0.25, 0.3) is 0 Å². The largest absolute Gasteiger partial charge is 0.339 e. The quantitative estimate of drug-likeness (QED) is 0.874. The van der Waals surface area contributed by atoms with E-state index in [0.717, 1.165) is 30.6 Å². The minimum absolute atomic E-state index is 0.192. The van der Waals surface area contributed by atoms with E-state index in [2.05, 4.69) is 50.1 Å². The third kappa shape index (κ3) is 3.10. The Labute approximate surface area is 110 Å². The van der Waals surface area contributed by atoms with Gasteiger partial charge in [-0.3, -0.25) is 0 Å². The average molecular weight is 251 g/mol. The summed E-state index contributed by atoms with van der Waals surface area (Å²) in [5, 5.41) is 7.62. The maximum Gasteiger partial charge on any atom is 0.228 e. The average Bonchev–Trinajstić information content (AvgIpc) is 2.82. The third-order valence-corrected chi connectivity index (χ3v) is 3.80. The zero-order chi connectivity index (χ0) is 13.3. The van der Waals surface area contributed by atoms with Crippen LogP contribution >= 0.6 is 0 Å². The van der Waals surface area contributed by atoms with Gasteiger partial charge in [-0.25, -0.2) is 0 Å². The molecule has 0 radical (unpaired) electrons. The molecule has 102 valence electrons. The Balaban J connectivity index is 2.00. The first-order valence-electron chi connectivity index (χ1n) is 6.97. The Hall–Kier alpha value is -0.900. The van der Waals surface area contributed by atoms with Gasteiger partial charge < -0.3 is 9.84 Å². The van der Waals surface area contributed by atoms with E-state index in [1.54, 1.807) is 0 Å². The Kier molecular flexibility index (Phi) is 3.76. The molecule has 3 unspecified atom stereocenters. The first-order valence-corrected chi connectivity index (χ1v) is 6.97. The maximum atomic E-state index is 5.39. The van der Waals surface area contributed by atoms with Crippen LogP contribution in [-0.2, 0) is 6.42 Å². The van der Waals surface area contributed by atoms with Gasteiger partial charge >= 0.3 is 0 Å². The number of hydrogen-bond donors (Lipinski definition) is 1. The first-order chi connectivity index (χ1) is 8.41. The molecule has 1 aliphatic rings. The van der Waals surface area contributed by atoms with Crippen molar-refractivity contribution in [2.75, 3.05) is 6.54 Å². The van der Waals surface area contributed by atoms with Crippen molar-refractivity contribution in [3.05, 3.63) is 11.7 Å². The van der Waals surface area contributed by atoms with Crippen LogP contribution in [0.1, 0.15) is 58.7 Å². The molecule has 1 aromatic heterocycles. The molecule has 0 bridgehead atoms. The van der Waals surface area contributed by atoms with Crippen LogP contribution in [0.4, 0.5) is 0 Å². The van der Waals surface area contributed by atoms with E-state index in [4.69, 9.17) is 4.52 Å².